The van der Waals surface area contributed by atoms with Gasteiger partial charge in [-0.05, 0) is 49.5 Å². The first-order valence-electron chi connectivity index (χ1n) is 10.3. The van der Waals surface area contributed by atoms with E-state index in [0.29, 0.717) is 11.5 Å². The molecule has 1 saturated carbocycles. The van der Waals surface area contributed by atoms with Crippen LogP contribution in [0.25, 0.3) is 0 Å². The van der Waals surface area contributed by atoms with E-state index < -0.39 is 0 Å². The summed E-state index contributed by atoms with van der Waals surface area (Å²) < 4.78 is 12.6. The van der Waals surface area contributed by atoms with E-state index in [4.69, 9.17) is 9.47 Å². The van der Waals surface area contributed by atoms with E-state index in [1.165, 1.54) is 32.4 Å². The SMILES string of the molecule is CCCN(CCC1COC2(CCC(C(C)(C)C)CC2)O1)CC(C)C. The molecule has 3 nitrogen and oxygen atoms in total. The lowest BCUT2D eigenvalue weighted by Gasteiger charge is -2.41. The number of ether oxygens (including phenoxy) is 2. The minimum atomic E-state index is -0.250. The predicted octanol–water partition coefficient (Wildman–Crippen LogP) is 5.09. The molecule has 1 aliphatic carbocycles. The van der Waals surface area contributed by atoms with Gasteiger partial charge in [-0.1, -0.05) is 41.5 Å². The molecule has 0 radical (unpaired) electrons. The fourth-order valence-corrected chi connectivity index (χ4v) is 4.40. The molecule has 2 fully saturated rings. The van der Waals surface area contributed by atoms with Gasteiger partial charge in [-0.15, -0.1) is 0 Å². The van der Waals surface area contributed by atoms with Gasteiger partial charge in [0.2, 0.25) is 0 Å². The first kappa shape index (κ1) is 20.2. The van der Waals surface area contributed by atoms with Gasteiger partial charge in [-0.25, -0.2) is 0 Å². The van der Waals surface area contributed by atoms with E-state index in [-0.39, 0.29) is 5.79 Å². The Morgan fingerprint density at radius 3 is 2.33 bits per heavy atom. The molecule has 24 heavy (non-hydrogen) atoms. The monoisotopic (exact) mass is 339 g/mol. The average Bonchev–Trinajstić information content (AvgIpc) is 2.87. The third kappa shape index (κ3) is 5.71. The molecule has 0 aromatic rings. The van der Waals surface area contributed by atoms with Crippen molar-refractivity contribution in [1.82, 2.24) is 4.90 Å². The van der Waals surface area contributed by atoms with Crippen molar-refractivity contribution >= 4 is 0 Å². The van der Waals surface area contributed by atoms with Crippen LogP contribution in [0.15, 0.2) is 0 Å². The second-order valence-electron chi connectivity index (χ2n) is 9.58. The van der Waals surface area contributed by atoms with Crippen molar-refractivity contribution in [2.45, 2.75) is 92.0 Å². The van der Waals surface area contributed by atoms with Gasteiger partial charge in [-0.2, -0.15) is 0 Å². The Hall–Kier alpha value is -0.120. The van der Waals surface area contributed by atoms with Crippen LogP contribution in [0.3, 0.4) is 0 Å². The number of hydrogen-bond donors (Lipinski definition) is 0. The lowest BCUT2D eigenvalue weighted by Crippen LogP contribution is -2.39. The van der Waals surface area contributed by atoms with E-state index in [0.717, 1.165) is 44.2 Å². The van der Waals surface area contributed by atoms with Gasteiger partial charge in [0, 0.05) is 25.9 Å². The van der Waals surface area contributed by atoms with Gasteiger partial charge >= 0.3 is 0 Å². The molecule has 1 unspecified atom stereocenters. The van der Waals surface area contributed by atoms with Crippen molar-refractivity contribution < 1.29 is 9.47 Å². The zero-order valence-corrected chi connectivity index (χ0v) is 17.1. The molecule has 0 bridgehead atoms. The smallest absolute Gasteiger partial charge is 0.168 e. The molecular weight excluding hydrogens is 298 g/mol. The van der Waals surface area contributed by atoms with Gasteiger partial charge in [0.05, 0.1) is 12.7 Å². The Balaban J connectivity index is 1.77. The first-order chi connectivity index (χ1) is 11.2. The van der Waals surface area contributed by atoms with Gasteiger partial charge in [0.15, 0.2) is 5.79 Å². The van der Waals surface area contributed by atoms with Crippen molar-refractivity contribution in [1.29, 1.82) is 0 Å². The summed E-state index contributed by atoms with van der Waals surface area (Å²) in [6, 6.07) is 0. The minimum absolute atomic E-state index is 0.250. The van der Waals surface area contributed by atoms with Crippen molar-refractivity contribution in [3.05, 3.63) is 0 Å². The highest BCUT2D eigenvalue weighted by Crippen LogP contribution is 2.45. The van der Waals surface area contributed by atoms with E-state index in [9.17, 15) is 0 Å². The van der Waals surface area contributed by atoms with Crippen LogP contribution in [0.5, 0.6) is 0 Å². The standard InChI is InChI=1S/C21H41NO2/c1-7-13-22(15-17(2)3)14-10-19-16-23-21(24-19)11-8-18(9-12-21)20(4,5)6/h17-19H,7-16H2,1-6H3. The molecule has 1 aliphatic heterocycles. The van der Waals surface area contributed by atoms with Crippen LogP contribution in [0.4, 0.5) is 0 Å². The second kappa shape index (κ2) is 8.51. The largest absolute Gasteiger partial charge is 0.347 e. The van der Waals surface area contributed by atoms with Crippen LogP contribution in [0.1, 0.15) is 80.1 Å². The Bertz CT molecular complexity index is 367. The molecule has 1 heterocycles. The molecule has 0 aromatic heterocycles. The van der Waals surface area contributed by atoms with Crippen molar-refractivity contribution in [3.63, 3.8) is 0 Å². The van der Waals surface area contributed by atoms with Gasteiger partial charge in [0.1, 0.15) is 0 Å². The number of rotatable bonds is 7. The molecule has 2 rings (SSSR count). The highest BCUT2D eigenvalue weighted by Gasteiger charge is 2.45. The lowest BCUT2D eigenvalue weighted by molar-refractivity contribution is -0.197. The normalized spacial score (nSPS) is 31.5. The Morgan fingerprint density at radius 1 is 1.12 bits per heavy atom. The van der Waals surface area contributed by atoms with Crippen molar-refractivity contribution in [2.24, 2.45) is 17.3 Å². The molecule has 2 aliphatic rings. The molecule has 0 amide bonds. The number of hydrogen-bond acceptors (Lipinski definition) is 3. The third-order valence-electron chi connectivity index (χ3n) is 5.82. The molecular formula is C21H41NO2. The highest BCUT2D eigenvalue weighted by atomic mass is 16.7. The molecule has 1 spiro atoms. The van der Waals surface area contributed by atoms with Gasteiger partial charge < -0.3 is 14.4 Å². The second-order valence-corrected chi connectivity index (χ2v) is 9.58. The lowest BCUT2D eigenvalue weighted by atomic mass is 9.71. The van der Waals surface area contributed by atoms with E-state index in [2.05, 4.69) is 46.4 Å². The summed E-state index contributed by atoms with van der Waals surface area (Å²) in [5.74, 6) is 1.29. The third-order valence-corrected chi connectivity index (χ3v) is 5.82. The van der Waals surface area contributed by atoms with Crippen LogP contribution in [-0.2, 0) is 9.47 Å². The summed E-state index contributed by atoms with van der Waals surface area (Å²) in [5, 5.41) is 0. The van der Waals surface area contributed by atoms with E-state index >= 15 is 0 Å². The van der Waals surface area contributed by atoms with Crippen LogP contribution < -0.4 is 0 Å². The maximum Gasteiger partial charge on any atom is 0.168 e. The quantitative estimate of drug-likeness (QED) is 0.644. The summed E-state index contributed by atoms with van der Waals surface area (Å²) in [5.41, 5.74) is 0.414. The maximum absolute atomic E-state index is 6.44. The Labute approximate surface area is 150 Å². The highest BCUT2D eigenvalue weighted by molar-refractivity contribution is 4.89. The topological polar surface area (TPSA) is 21.7 Å². The van der Waals surface area contributed by atoms with Crippen molar-refractivity contribution in [2.75, 3.05) is 26.2 Å². The maximum atomic E-state index is 6.44. The molecule has 0 N–H and O–H groups in total. The zero-order valence-electron chi connectivity index (χ0n) is 17.1. The van der Waals surface area contributed by atoms with Crippen LogP contribution in [0.2, 0.25) is 0 Å². The Kier molecular flexibility index (Phi) is 7.16. The molecule has 1 saturated heterocycles. The fraction of sp³-hybridized carbons (Fsp3) is 1.00. The molecule has 142 valence electrons. The predicted molar refractivity (Wildman–Crippen MR) is 101 cm³/mol. The molecule has 3 heteroatoms. The van der Waals surface area contributed by atoms with Crippen LogP contribution >= 0.6 is 0 Å². The fourth-order valence-electron chi connectivity index (χ4n) is 4.40. The molecule has 0 aromatic carbocycles. The number of nitrogens with zero attached hydrogens (tertiary/aromatic N) is 1. The summed E-state index contributed by atoms with van der Waals surface area (Å²) in [6.45, 7) is 18.3. The molecule has 1 atom stereocenters. The summed E-state index contributed by atoms with van der Waals surface area (Å²) in [7, 11) is 0. The minimum Gasteiger partial charge on any atom is -0.347 e. The van der Waals surface area contributed by atoms with Crippen LogP contribution in [0, 0.1) is 17.3 Å². The zero-order chi connectivity index (χ0) is 17.8. The van der Waals surface area contributed by atoms with E-state index in [1.807, 2.05) is 0 Å². The van der Waals surface area contributed by atoms with Gasteiger partial charge in [-0.3, -0.25) is 0 Å². The van der Waals surface area contributed by atoms with Gasteiger partial charge in [0.25, 0.3) is 0 Å². The summed E-state index contributed by atoms with van der Waals surface area (Å²) in [4.78, 5) is 2.59. The first-order valence-corrected chi connectivity index (χ1v) is 10.3. The van der Waals surface area contributed by atoms with Crippen LogP contribution in [-0.4, -0.2) is 43.0 Å². The van der Waals surface area contributed by atoms with E-state index in [1.54, 1.807) is 0 Å². The average molecular weight is 340 g/mol. The summed E-state index contributed by atoms with van der Waals surface area (Å²) >= 11 is 0. The Morgan fingerprint density at radius 2 is 1.79 bits per heavy atom. The summed E-state index contributed by atoms with van der Waals surface area (Å²) in [6.07, 6.45) is 7.27. The van der Waals surface area contributed by atoms with Crippen molar-refractivity contribution in [3.8, 4) is 0 Å².